The second-order valence-corrected chi connectivity index (χ2v) is 4.21. The fourth-order valence-electron chi connectivity index (χ4n) is 1.44. The topological polar surface area (TPSA) is 77.9 Å². The standard InChI is InChI=1S/C12H12N2O4.2C2H6/c1-12(2)17-10(15)9(11(16)18-12)7-14-8-4-3-5-13-6-8;2*1-2/h3-7,9H,1-2H3;2*1-2H3. The molecule has 6 nitrogen and oxygen atoms in total. The number of carbonyl (C=O) groups is 2. The third-order valence-electron chi connectivity index (χ3n) is 2.22. The molecule has 1 aromatic rings. The van der Waals surface area contributed by atoms with E-state index in [1.165, 1.54) is 26.3 Å². The molecule has 1 saturated heterocycles. The van der Waals surface area contributed by atoms with Gasteiger partial charge in [0.05, 0.1) is 11.9 Å². The number of esters is 2. The van der Waals surface area contributed by atoms with Gasteiger partial charge in [0, 0.05) is 26.3 Å². The number of cyclic esters (lactones) is 2. The summed E-state index contributed by atoms with van der Waals surface area (Å²) < 4.78 is 9.91. The summed E-state index contributed by atoms with van der Waals surface area (Å²) in [6, 6.07) is 3.40. The summed E-state index contributed by atoms with van der Waals surface area (Å²) in [7, 11) is 0. The van der Waals surface area contributed by atoms with Crippen LogP contribution in [0.2, 0.25) is 0 Å². The van der Waals surface area contributed by atoms with E-state index in [0.29, 0.717) is 5.69 Å². The van der Waals surface area contributed by atoms with Gasteiger partial charge in [0.2, 0.25) is 0 Å². The average molecular weight is 308 g/mol. The van der Waals surface area contributed by atoms with E-state index in [2.05, 4.69) is 9.98 Å². The van der Waals surface area contributed by atoms with Gasteiger partial charge in [-0.1, -0.05) is 27.7 Å². The Kier molecular flexibility index (Phi) is 8.67. The van der Waals surface area contributed by atoms with Crippen LogP contribution in [-0.2, 0) is 19.1 Å². The van der Waals surface area contributed by atoms with E-state index < -0.39 is 23.6 Å². The molecule has 1 aliphatic heterocycles. The third kappa shape index (κ3) is 6.03. The number of pyridine rings is 1. The van der Waals surface area contributed by atoms with Gasteiger partial charge < -0.3 is 9.47 Å². The first kappa shape index (κ1) is 19.8. The van der Waals surface area contributed by atoms with Gasteiger partial charge in [-0.15, -0.1) is 0 Å². The van der Waals surface area contributed by atoms with Gasteiger partial charge in [-0.3, -0.25) is 19.6 Å². The molecule has 22 heavy (non-hydrogen) atoms. The van der Waals surface area contributed by atoms with Crippen LogP contribution < -0.4 is 0 Å². The molecule has 0 saturated carbocycles. The Labute approximate surface area is 131 Å². The van der Waals surface area contributed by atoms with Crippen LogP contribution >= 0.6 is 0 Å². The van der Waals surface area contributed by atoms with Crippen molar-refractivity contribution in [2.24, 2.45) is 10.9 Å². The van der Waals surface area contributed by atoms with Crippen molar-refractivity contribution in [3.63, 3.8) is 0 Å². The maximum atomic E-state index is 11.6. The highest BCUT2D eigenvalue weighted by Crippen LogP contribution is 2.22. The highest BCUT2D eigenvalue weighted by Gasteiger charge is 2.42. The number of ether oxygens (including phenoxy) is 2. The predicted molar refractivity (Wildman–Crippen MR) is 84.8 cm³/mol. The van der Waals surface area contributed by atoms with Crippen LogP contribution in [0.4, 0.5) is 5.69 Å². The van der Waals surface area contributed by atoms with Crippen molar-refractivity contribution >= 4 is 23.8 Å². The normalized spacial score (nSPS) is 16.6. The first-order valence-corrected chi connectivity index (χ1v) is 7.38. The van der Waals surface area contributed by atoms with Crippen molar-refractivity contribution in [1.82, 2.24) is 4.98 Å². The molecule has 122 valence electrons. The number of rotatable bonds is 2. The summed E-state index contributed by atoms with van der Waals surface area (Å²) in [5.41, 5.74) is 0.544. The Morgan fingerprint density at radius 1 is 1.14 bits per heavy atom. The maximum absolute atomic E-state index is 11.6. The molecule has 0 atom stereocenters. The van der Waals surface area contributed by atoms with Crippen molar-refractivity contribution in [3.05, 3.63) is 24.5 Å². The number of aromatic nitrogens is 1. The monoisotopic (exact) mass is 308 g/mol. The molecule has 0 N–H and O–H groups in total. The molecule has 1 fully saturated rings. The van der Waals surface area contributed by atoms with Crippen molar-refractivity contribution in [3.8, 4) is 0 Å². The molecule has 1 aromatic heterocycles. The van der Waals surface area contributed by atoms with Gasteiger partial charge in [0.1, 0.15) is 0 Å². The Morgan fingerprint density at radius 3 is 2.14 bits per heavy atom. The fraction of sp³-hybridized carbons (Fsp3) is 0.500. The fourth-order valence-corrected chi connectivity index (χ4v) is 1.44. The molecule has 0 unspecified atom stereocenters. The lowest BCUT2D eigenvalue weighted by Crippen LogP contribution is -2.46. The number of hydrogen-bond acceptors (Lipinski definition) is 6. The van der Waals surface area contributed by atoms with E-state index in [0.717, 1.165) is 0 Å². The summed E-state index contributed by atoms with van der Waals surface area (Å²) in [5.74, 6) is -3.67. The minimum atomic E-state index is -1.22. The molecule has 1 aliphatic rings. The van der Waals surface area contributed by atoms with Gasteiger partial charge in [-0.2, -0.15) is 0 Å². The zero-order valence-electron chi connectivity index (χ0n) is 14.0. The molecular weight excluding hydrogens is 284 g/mol. The lowest BCUT2D eigenvalue weighted by atomic mass is 10.1. The molecular formula is C16H24N2O4. The molecule has 0 aromatic carbocycles. The molecule has 6 heteroatoms. The van der Waals surface area contributed by atoms with Crippen molar-refractivity contribution in [1.29, 1.82) is 0 Å². The molecule has 0 aliphatic carbocycles. The zero-order valence-corrected chi connectivity index (χ0v) is 14.0. The largest absolute Gasteiger partial charge is 0.422 e. The van der Waals surface area contributed by atoms with E-state index in [4.69, 9.17) is 9.47 Å². The number of hydrogen-bond donors (Lipinski definition) is 0. The molecule has 2 rings (SSSR count). The van der Waals surface area contributed by atoms with Crippen molar-refractivity contribution in [2.45, 2.75) is 47.3 Å². The summed E-state index contributed by atoms with van der Waals surface area (Å²) in [6.07, 6.45) is 4.32. The van der Waals surface area contributed by atoms with E-state index >= 15 is 0 Å². The third-order valence-corrected chi connectivity index (χ3v) is 2.22. The second-order valence-electron chi connectivity index (χ2n) is 4.21. The average Bonchev–Trinajstić information content (AvgIpc) is 2.50. The van der Waals surface area contributed by atoms with E-state index in [1.54, 1.807) is 18.3 Å². The Morgan fingerprint density at radius 2 is 1.68 bits per heavy atom. The summed E-state index contributed by atoms with van der Waals surface area (Å²) in [4.78, 5) is 31.1. The molecule has 0 amide bonds. The van der Waals surface area contributed by atoms with Gasteiger partial charge in [0.15, 0.2) is 5.92 Å². The van der Waals surface area contributed by atoms with Crippen LogP contribution in [0.5, 0.6) is 0 Å². The van der Waals surface area contributed by atoms with Gasteiger partial charge >= 0.3 is 11.9 Å². The Balaban J connectivity index is 0.00000102. The number of nitrogens with zero attached hydrogens (tertiary/aromatic N) is 2. The van der Waals surface area contributed by atoms with Gasteiger partial charge in [0.25, 0.3) is 5.79 Å². The van der Waals surface area contributed by atoms with Crippen LogP contribution in [0.25, 0.3) is 0 Å². The lowest BCUT2D eigenvalue weighted by Gasteiger charge is -2.31. The van der Waals surface area contributed by atoms with Crippen LogP contribution in [0.1, 0.15) is 41.5 Å². The van der Waals surface area contributed by atoms with Gasteiger partial charge in [-0.25, -0.2) is 0 Å². The number of aliphatic imine (C=N–C) groups is 1. The second kappa shape index (κ2) is 9.65. The lowest BCUT2D eigenvalue weighted by molar-refractivity contribution is -0.235. The minimum absolute atomic E-state index is 0.544. The smallest absolute Gasteiger partial charge is 0.329 e. The zero-order chi connectivity index (χ0) is 17.2. The maximum Gasteiger partial charge on any atom is 0.329 e. The van der Waals surface area contributed by atoms with Crippen LogP contribution in [0.15, 0.2) is 29.5 Å². The van der Waals surface area contributed by atoms with Crippen molar-refractivity contribution < 1.29 is 19.1 Å². The highest BCUT2D eigenvalue weighted by molar-refractivity contribution is 6.10. The molecule has 0 radical (unpaired) electrons. The van der Waals surface area contributed by atoms with Crippen LogP contribution in [-0.4, -0.2) is 28.9 Å². The van der Waals surface area contributed by atoms with E-state index in [1.807, 2.05) is 27.7 Å². The Hall–Kier alpha value is -2.24. The SMILES string of the molecule is CC.CC.CC1(C)OC(=O)C(C=Nc2cccnc2)C(=O)O1. The first-order valence-electron chi connectivity index (χ1n) is 7.38. The van der Waals surface area contributed by atoms with Gasteiger partial charge in [-0.05, 0) is 12.1 Å². The summed E-state index contributed by atoms with van der Waals surface area (Å²) in [5, 5.41) is 0. The van der Waals surface area contributed by atoms with E-state index in [9.17, 15) is 9.59 Å². The Bertz CT molecular complexity index is 478. The van der Waals surface area contributed by atoms with Crippen molar-refractivity contribution in [2.75, 3.05) is 0 Å². The quantitative estimate of drug-likeness (QED) is 0.476. The predicted octanol–water partition coefficient (Wildman–Crippen LogP) is 3.29. The molecule has 2 heterocycles. The summed E-state index contributed by atoms with van der Waals surface area (Å²) >= 11 is 0. The van der Waals surface area contributed by atoms with E-state index in [-0.39, 0.29) is 0 Å². The molecule has 0 bridgehead atoms. The van der Waals surface area contributed by atoms with Crippen LogP contribution in [0, 0.1) is 5.92 Å². The highest BCUT2D eigenvalue weighted by atomic mass is 16.7. The van der Waals surface area contributed by atoms with Crippen LogP contribution in [0.3, 0.4) is 0 Å². The summed E-state index contributed by atoms with van der Waals surface area (Å²) in [6.45, 7) is 11.0. The molecule has 0 spiro atoms. The minimum Gasteiger partial charge on any atom is -0.422 e. The number of carbonyl (C=O) groups excluding carboxylic acids is 2. The first-order chi connectivity index (χ1) is 10.5.